The Kier molecular flexibility index (Phi) is 38.9. The minimum Gasteiger partial charge on any atom is -0.802 e. The van der Waals surface area contributed by atoms with E-state index in [2.05, 4.69) is 13.8 Å². The molecule has 0 saturated heterocycles. The second-order valence-corrected chi connectivity index (χ2v) is 11.1. The van der Waals surface area contributed by atoms with Gasteiger partial charge in [0.05, 0.1) is 0 Å². The standard InChI is InChI=1S/2C12H27O2P.Co/c2*1-2-3-4-5-6-7-8-9-10-11-12-15(13)14;/h2*15H,2-12H2,1H3,(H,13,14);/q;;+2/p-2. The summed E-state index contributed by atoms with van der Waals surface area (Å²) in [4.78, 5) is 20.6. The summed E-state index contributed by atoms with van der Waals surface area (Å²) in [7, 11) is -4.88. The Morgan fingerprint density at radius 2 is 0.613 bits per heavy atom. The number of hydrogen-bond acceptors (Lipinski definition) is 4. The minimum atomic E-state index is -2.44. The molecular weight excluding hydrogens is 473 g/mol. The number of hydrogen-bond donors (Lipinski definition) is 0. The molecule has 7 heteroatoms. The average molecular weight is 526 g/mol. The van der Waals surface area contributed by atoms with Gasteiger partial charge in [-0.15, -0.1) is 0 Å². The summed E-state index contributed by atoms with van der Waals surface area (Å²) < 4.78 is 20.6. The van der Waals surface area contributed by atoms with Crippen molar-refractivity contribution in [3.05, 3.63) is 0 Å². The third kappa shape index (κ3) is 41.6. The van der Waals surface area contributed by atoms with Crippen LogP contribution in [0.25, 0.3) is 0 Å². The Morgan fingerprint density at radius 1 is 0.419 bits per heavy atom. The molecule has 0 heterocycles. The molecule has 0 N–H and O–H groups in total. The maximum absolute atomic E-state index is 10.3. The normalized spacial score (nSPS) is 12.5. The molecule has 0 spiro atoms. The van der Waals surface area contributed by atoms with E-state index in [0.717, 1.165) is 25.7 Å². The van der Waals surface area contributed by atoms with Crippen molar-refractivity contribution in [2.24, 2.45) is 0 Å². The predicted octanol–water partition coefficient (Wildman–Crippen LogP) is 7.48. The van der Waals surface area contributed by atoms with E-state index in [0.29, 0.717) is 12.3 Å². The molecule has 31 heavy (non-hydrogen) atoms. The molecule has 0 rings (SSSR count). The van der Waals surface area contributed by atoms with Gasteiger partial charge < -0.3 is 18.9 Å². The summed E-state index contributed by atoms with van der Waals surface area (Å²) >= 11 is 0. The minimum absolute atomic E-state index is 0. The monoisotopic (exact) mass is 525 g/mol. The van der Waals surface area contributed by atoms with Gasteiger partial charge in [-0.3, -0.25) is 0 Å². The van der Waals surface area contributed by atoms with Gasteiger partial charge in [0.25, 0.3) is 0 Å². The van der Waals surface area contributed by atoms with Gasteiger partial charge in [-0.1, -0.05) is 129 Å². The van der Waals surface area contributed by atoms with Crippen molar-refractivity contribution in [3.63, 3.8) is 0 Å². The van der Waals surface area contributed by atoms with E-state index in [9.17, 15) is 18.9 Å². The van der Waals surface area contributed by atoms with Crippen molar-refractivity contribution >= 4 is 16.1 Å². The van der Waals surface area contributed by atoms with Crippen LogP contribution in [0.5, 0.6) is 0 Å². The van der Waals surface area contributed by atoms with Crippen molar-refractivity contribution in [1.82, 2.24) is 0 Å². The van der Waals surface area contributed by atoms with E-state index in [4.69, 9.17) is 0 Å². The van der Waals surface area contributed by atoms with Crippen molar-refractivity contribution in [1.29, 1.82) is 0 Å². The molecule has 0 aromatic carbocycles. The molecule has 0 aliphatic rings. The van der Waals surface area contributed by atoms with Crippen LogP contribution in [0.2, 0.25) is 0 Å². The molecule has 0 amide bonds. The van der Waals surface area contributed by atoms with Crippen LogP contribution >= 0.6 is 16.1 Å². The van der Waals surface area contributed by atoms with Crippen molar-refractivity contribution in [3.8, 4) is 0 Å². The first-order valence-electron chi connectivity index (χ1n) is 12.9. The average Bonchev–Trinajstić information content (AvgIpc) is 2.71. The zero-order valence-electron chi connectivity index (χ0n) is 20.5. The summed E-state index contributed by atoms with van der Waals surface area (Å²) in [5, 5.41) is 0. The van der Waals surface area contributed by atoms with Crippen LogP contribution in [-0.2, 0) is 25.9 Å². The van der Waals surface area contributed by atoms with Crippen LogP contribution in [0, 0.1) is 0 Å². The summed E-state index contributed by atoms with van der Waals surface area (Å²) in [6, 6.07) is 0. The fraction of sp³-hybridized carbons (Fsp3) is 1.00. The van der Waals surface area contributed by atoms with Crippen molar-refractivity contribution in [2.45, 2.75) is 142 Å². The van der Waals surface area contributed by atoms with Gasteiger partial charge in [-0.2, -0.15) is 0 Å². The van der Waals surface area contributed by atoms with Gasteiger partial charge in [-0.05, 0) is 25.2 Å². The molecule has 0 aliphatic carbocycles. The molecule has 0 fully saturated rings. The zero-order chi connectivity index (χ0) is 22.7. The molecule has 0 aromatic heterocycles. The van der Waals surface area contributed by atoms with Crippen LogP contribution in [0.15, 0.2) is 0 Å². The van der Waals surface area contributed by atoms with E-state index in [-0.39, 0.29) is 16.8 Å². The molecule has 0 saturated carbocycles. The largest absolute Gasteiger partial charge is 2.00 e. The van der Waals surface area contributed by atoms with E-state index < -0.39 is 16.1 Å². The van der Waals surface area contributed by atoms with Crippen LogP contribution in [0.4, 0.5) is 0 Å². The van der Waals surface area contributed by atoms with Crippen LogP contribution < -0.4 is 9.79 Å². The third-order valence-electron chi connectivity index (χ3n) is 5.47. The molecule has 4 nitrogen and oxygen atoms in total. The van der Waals surface area contributed by atoms with Gasteiger partial charge in [0, 0.05) is 16.1 Å². The maximum Gasteiger partial charge on any atom is 2.00 e. The van der Waals surface area contributed by atoms with Gasteiger partial charge in [0.1, 0.15) is 0 Å². The van der Waals surface area contributed by atoms with Gasteiger partial charge >= 0.3 is 16.8 Å². The van der Waals surface area contributed by atoms with E-state index in [1.165, 1.54) is 103 Å². The second-order valence-electron chi connectivity index (χ2n) is 8.61. The molecule has 0 aliphatic heterocycles. The Balaban J connectivity index is -0.000000490. The second kappa shape index (κ2) is 33.1. The van der Waals surface area contributed by atoms with E-state index in [1.807, 2.05) is 0 Å². The Bertz CT molecular complexity index is 337. The first-order chi connectivity index (χ1) is 14.5. The number of rotatable bonds is 22. The first kappa shape index (κ1) is 36.5. The SMILES string of the molecule is CCCCCCCCCCCC[PH](=O)[O-].CCCCCCCCCCCC[PH](=O)[O-].[Co+2]. The van der Waals surface area contributed by atoms with E-state index >= 15 is 0 Å². The first-order valence-corrected chi connectivity index (χ1v) is 16.0. The molecule has 191 valence electrons. The molecule has 1 radical (unpaired) electrons. The molecular formula is C24H52CoO4P2. The Hall–Kier alpha value is 0.886. The van der Waals surface area contributed by atoms with Gasteiger partial charge in [0.2, 0.25) is 0 Å². The molecule has 2 unspecified atom stereocenters. The molecule has 2 atom stereocenters. The number of unbranched alkanes of at least 4 members (excludes halogenated alkanes) is 18. The quantitative estimate of drug-likeness (QED) is 0.108. The van der Waals surface area contributed by atoms with E-state index in [1.54, 1.807) is 0 Å². The fourth-order valence-electron chi connectivity index (χ4n) is 3.51. The summed E-state index contributed by atoms with van der Waals surface area (Å²) in [6.45, 7) is 4.48. The third-order valence-corrected chi connectivity index (χ3v) is 6.99. The summed E-state index contributed by atoms with van der Waals surface area (Å²) in [6.07, 6.45) is 26.0. The van der Waals surface area contributed by atoms with Gasteiger partial charge in [-0.25, -0.2) is 0 Å². The van der Waals surface area contributed by atoms with Crippen LogP contribution in [-0.4, -0.2) is 12.3 Å². The zero-order valence-corrected chi connectivity index (χ0v) is 23.6. The molecule has 0 bridgehead atoms. The van der Waals surface area contributed by atoms with Crippen LogP contribution in [0.1, 0.15) is 142 Å². The summed E-state index contributed by atoms with van der Waals surface area (Å²) in [5.74, 6) is 0. The van der Waals surface area contributed by atoms with Crippen molar-refractivity contribution in [2.75, 3.05) is 12.3 Å². The Labute approximate surface area is 206 Å². The fourth-order valence-corrected chi connectivity index (χ4v) is 4.59. The predicted molar refractivity (Wildman–Crippen MR) is 131 cm³/mol. The molecule has 0 aromatic rings. The smallest absolute Gasteiger partial charge is 0.802 e. The van der Waals surface area contributed by atoms with Gasteiger partial charge in [0.15, 0.2) is 0 Å². The maximum atomic E-state index is 10.3. The summed E-state index contributed by atoms with van der Waals surface area (Å²) in [5.41, 5.74) is 0. The topological polar surface area (TPSA) is 80.3 Å². The Morgan fingerprint density at radius 3 is 0.806 bits per heavy atom. The van der Waals surface area contributed by atoms with Crippen molar-refractivity contribution < 1.29 is 35.7 Å². The van der Waals surface area contributed by atoms with Crippen LogP contribution in [0.3, 0.4) is 0 Å².